The number of fused-ring (bicyclic) bond motifs is 1. The Kier molecular flexibility index (Phi) is 2.95. The van der Waals surface area contributed by atoms with E-state index in [1.54, 1.807) is 29.1 Å². The third-order valence-electron chi connectivity index (χ3n) is 3.18. The van der Waals surface area contributed by atoms with Crippen molar-refractivity contribution in [1.29, 1.82) is 0 Å². The summed E-state index contributed by atoms with van der Waals surface area (Å²) in [5, 5.41) is 10.6. The molecule has 100 valence electrons. The van der Waals surface area contributed by atoms with Crippen LogP contribution in [0, 0.1) is 13.8 Å². The highest BCUT2D eigenvalue weighted by Crippen LogP contribution is 2.17. The van der Waals surface area contributed by atoms with E-state index in [9.17, 15) is 4.79 Å². The maximum Gasteiger partial charge on any atom is 0.257 e. The average Bonchev–Trinajstić information content (AvgIpc) is 2.89. The van der Waals surface area contributed by atoms with Gasteiger partial charge in [-0.2, -0.15) is 0 Å². The molecule has 0 fully saturated rings. The van der Waals surface area contributed by atoms with Crippen molar-refractivity contribution >= 4 is 17.2 Å². The molecule has 2 heterocycles. The van der Waals surface area contributed by atoms with Gasteiger partial charge in [0.25, 0.3) is 5.91 Å². The van der Waals surface area contributed by atoms with Gasteiger partial charge in [-0.25, -0.2) is 0 Å². The van der Waals surface area contributed by atoms with Crippen LogP contribution < -0.4 is 5.32 Å². The van der Waals surface area contributed by atoms with Crippen molar-refractivity contribution in [3.63, 3.8) is 0 Å². The smallest absolute Gasteiger partial charge is 0.257 e. The summed E-state index contributed by atoms with van der Waals surface area (Å²) in [6, 6.07) is 9.44. The number of benzene rings is 1. The third kappa shape index (κ3) is 2.25. The second-order valence-electron chi connectivity index (χ2n) is 4.79. The Balaban J connectivity index is 1.88. The Morgan fingerprint density at radius 1 is 1.20 bits per heavy atom. The van der Waals surface area contributed by atoms with Crippen LogP contribution in [0.15, 0.2) is 42.9 Å². The first-order chi connectivity index (χ1) is 9.63. The lowest BCUT2D eigenvalue weighted by atomic mass is 10.1. The zero-order valence-electron chi connectivity index (χ0n) is 11.3. The average molecular weight is 266 g/mol. The number of anilines is 1. The highest BCUT2D eigenvalue weighted by molar-refractivity contribution is 6.04. The zero-order valence-corrected chi connectivity index (χ0v) is 11.3. The summed E-state index contributed by atoms with van der Waals surface area (Å²) in [6.07, 6.45) is 3.29. The van der Waals surface area contributed by atoms with Gasteiger partial charge >= 0.3 is 0 Å². The quantitative estimate of drug-likeness (QED) is 0.775. The van der Waals surface area contributed by atoms with E-state index >= 15 is 0 Å². The van der Waals surface area contributed by atoms with Crippen LogP contribution in [0.2, 0.25) is 0 Å². The molecule has 0 aliphatic heterocycles. The molecule has 3 aromatic rings. The molecule has 1 amide bonds. The Labute approximate surface area is 116 Å². The summed E-state index contributed by atoms with van der Waals surface area (Å²) in [7, 11) is 0. The largest absolute Gasteiger partial charge is 0.322 e. The fourth-order valence-electron chi connectivity index (χ4n) is 2.11. The van der Waals surface area contributed by atoms with Crippen molar-refractivity contribution in [3.8, 4) is 0 Å². The topological polar surface area (TPSA) is 59.3 Å². The van der Waals surface area contributed by atoms with Gasteiger partial charge in [0.2, 0.25) is 0 Å². The van der Waals surface area contributed by atoms with Gasteiger partial charge in [0.15, 0.2) is 5.65 Å². The van der Waals surface area contributed by atoms with Gasteiger partial charge in [-0.1, -0.05) is 17.7 Å². The molecule has 0 bridgehead atoms. The first-order valence-corrected chi connectivity index (χ1v) is 6.31. The van der Waals surface area contributed by atoms with Crippen LogP contribution in [-0.4, -0.2) is 20.5 Å². The summed E-state index contributed by atoms with van der Waals surface area (Å²) >= 11 is 0. The third-order valence-corrected chi connectivity index (χ3v) is 3.18. The van der Waals surface area contributed by atoms with E-state index in [0.29, 0.717) is 11.2 Å². The van der Waals surface area contributed by atoms with Crippen LogP contribution in [0.25, 0.3) is 5.65 Å². The van der Waals surface area contributed by atoms with Crippen LogP contribution in [0.1, 0.15) is 21.5 Å². The number of nitrogens with one attached hydrogen (secondary N) is 1. The van der Waals surface area contributed by atoms with Crippen LogP contribution in [-0.2, 0) is 0 Å². The Hall–Kier alpha value is -2.69. The van der Waals surface area contributed by atoms with Crippen LogP contribution in [0.4, 0.5) is 5.69 Å². The number of rotatable bonds is 2. The number of carbonyl (C=O) groups is 1. The molecule has 0 atom stereocenters. The number of hydrogen-bond acceptors (Lipinski definition) is 3. The van der Waals surface area contributed by atoms with Crippen LogP contribution in [0.5, 0.6) is 0 Å². The number of amides is 1. The first-order valence-electron chi connectivity index (χ1n) is 6.31. The van der Waals surface area contributed by atoms with Crippen molar-refractivity contribution in [2.24, 2.45) is 0 Å². The molecule has 3 rings (SSSR count). The highest BCUT2D eigenvalue weighted by Gasteiger charge is 2.09. The molecule has 0 spiro atoms. The zero-order chi connectivity index (χ0) is 14.1. The Morgan fingerprint density at radius 3 is 2.85 bits per heavy atom. The molecule has 0 saturated heterocycles. The molecule has 0 radical (unpaired) electrons. The van der Waals surface area contributed by atoms with Gasteiger partial charge in [-0.3, -0.25) is 9.20 Å². The van der Waals surface area contributed by atoms with E-state index in [4.69, 9.17) is 0 Å². The van der Waals surface area contributed by atoms with Gasteiger partial charge in [-0.15, -0.1) is 10.2 Å². The maximum absolute atomic E-state index is 12.3. The lowest BCUT2D eigenvalue weighted by Crippen LogP contribution is -2.13. The monoisotopic (exact) mass is 266 g/mol. The molecular weight excluding hydrogens is 252 g/mol. The second kappa shape index (κ2) is 4.77. The normalized spacial score (nSPS) is 10.7. The lowest BCUT2D eigenvalue weighted by Gasteiger charge is -2.09. The van der Waals surface area contributed by atoms with Gasteiger partial charge in [0.05, 0.1) is 5.56 Å². The summed E-state index contributed by atoms with van der Waals surface area (Å²) in [4.78, 5) is 12.3. The number of pyridine rings is 1. The summed E-state index contributed by atoms with van der Waals surface area (Å²) in [5.74, 6) is -0.146. The summed E-state index contributed by atoms with van der Waals surface area (Å²) < 4.78 is 1.72. The van der Waals surface area contributed by atoms with E-state index in [1.165, 1.54) is 5.56 Å². The minimum atomic E-state index is -0.146. The van der Waals surface area contributed by atoms with Crippen molar-refractivity contribution in [3.05, 3.63) is 59.5 Å². The van der Waals surface area contributed by atoms with Gasteiger partial charge in [0.1, 0.15) is 6.33 Å². The predicted molar refractivity (Wildman–Crippen MR) is 76.9 cm³/mol. The summed E-state index contributed by atoms with van der Waals surface area (Å²) in [5.41, 5.74) is 4.32. The lowest BCUT2D eigenvalue weighted by molar-refractivity contribution is 0.102. The fourth-order valence-corrected chi connectivity index (χ4v) is 2.11. The number of nitrogens with zero attached hydrogens (tertiary/aromatic N) is 3. The van der Waals surface area contributed by atoms with Crippen LogP contribution >= 0.6 is 0 Å². The van der Waals surface area contributed by atoms with Crippen molar-refractivity contribution in [2.45, 2.75) is 13.8 Å². The SMILES string of the molecule is Cc1ccc(NC(=O)c2ccc3nncn3c2)c(C)c1. The van der Waals surface area contributed by atoms with Gasteiger partial charge in [0, 0.05) is 11.9 Å². The number of aryl methyl sites for hydroxylation is 2. The van der Waals surface area contributed by atoms with Gasteiger partial charge in [-0.05, 0) is 37.6 Å². The highest BCUT2D eigenvalue weighted by atomic mass is 16.1. The first kappa shape index (κ1) is 12.3. The van der Waals surface area contributed by atoms with Gasteiger partial charge < -0.3 is 5.32 Å². The molecule has 1 aromatic carbocycles. The molecule has 0 saturated carbocycles. The molecule has 1 N–H and O–H groups in total. The predicted octanol–water partition coefficient (Wildman–Crippen LogP) is 2.60. The minimum Gasteiger partial charge on any atom is -0.322 e. The molecule has 5 heteroatoms. The minimum absolute atomic E-state index is 0.146. The molecule has 0 aliphatic carbocycles. The Bertz CT molecular complexity index is 791. The maximum atomic E-state index is 12.3. The molecular formula is C15H14N4O. The fraction of sp³-hybridized carbons (Fsp3) is 0.133. The van der Waals surface area contributed by atoms with Crippen LogP contribution in [0.3, 0.4) is 0 Å². The molecule has 0 aliphatic rings. The van der Waals surface area contributed by atoms with E-state index in [1.807, 2.05) is 32.0 Å². The van der Waals surface area contributed by atoms with E-state index in [-0.39, 0.29) is 5.91 Å². The second-order valence-corrected chi connectivity index (χ2v) is 4.79. The molecule has 2 aromatic heterocycles. The van der Waals surface area contributed by atoms with E-state index < -0.39 is 0 Å². The number of carbonyl (C=O) groups excluding carboxylic acids is 1. The van der Waals surface area contributed by atoms with Crippen molar-refractivity contribution < 1.29 is 4.79 Å². The summed E-state index contributed by atoms with van der Waals surface area (Å²) in [6.45, 7) is 4.00. The van der Waals surface area contributed by atoms with E-state index in [2.05, 4.69) is 15.5 Å². The molecule has 0 unspecified atom stereocenters. The molecule has 5 nitrogen and oxygen atoms in total. The van der Waals surface area contributed by atoms with Crippen molar-refractivity contribution in [2.75, 3.05) is 5.32 Å². The number of hydrogen-bond donors (Lipinski definition) is 1. The Morgan fingerprint density at radius 2 is 2.05 bits per heavy atom. The van der Waals surface area contributed by atoms with Crippen molar-refractivity contribution in [1.82, 2.24) is 14.6 Å². The number of aromatic nitrogens is 3. The molecule has 20 heavy (non-hydrogen) atoms. The van der Waals surface area contributed by atoms with E-state index in [0.717, 1.165) is 11.3 Å². The standard InChI is InChI=1S/C15H14N4O/c1-10-3-5-13(11(2)7-10)17-15(20)12-4-6-14-18-16-9-19(14)8-12/h3-9H,1-2H3,(H,17,20).